The number of fused-ring (bicyclic) bond motifs is 5. The first-order valence-electron chi connectivity index (χ1n) is 12.2. The van der Waals surface area contributed by atoms with Crippen molar-refractivity contribution in [1.29, 1.82) is 0 Å². The summed E-state index contributed by atoms with van der Waals surface area (Å²) < 4.78 is 13.8. The number of aryl methyl sites for hydroxylation is 1. The van der Waals surface area contributed by atoms with Crippen LogP contribution in [0.2, 0.25) is 0 Å². The van der Waals surface area contributed by atoms with Crippen LogP contribution < -0.4 is 9.47 Å². The molecule has 0 fully saturated rings. The van der Waals surface area contributed by atoms with Crippen LogP contribution in [0.3, 0.4) is 0 Å². The van der Waals surface area contributed by atoms with E-state index in [0.717, 1.165) is 50.2 Å². The molecule has 1 aromatic heterocycles. The molecule has 2 aliphatic heterocycles. The average Bonchev–Trinajstić information content (AvgIpc) is 3.34. The third-order valence-electron chi connectivity index (χ3n) is 7.08. The third-order valence-corrected chi connectivity index (χ3v) is 7.08. The number of hydrogen-bond acceptors (Lipinski definition) is 6. The van der Waals surface area contributed by atoms with Crippen LogP contribution in [0, 0.1) is 6.92 Å². The van der Waals surface area contributed by atoms with E-state index in [1.54, 1.807) is 7.11 Å². The van der Waals surface area contributed by atoms with Gasteiger partial charge in [-0.25, -0.2) is 9.67 Å². The van der Waals surface area contributed by atoms with Crippen molar-refractivity contribution < 1.29 is 9.47 Å². The number of allylic oxidation sites excluding steroid dienone is 1. The van der Waals surface area contributed by atoms with E-state index in [1.165, 1.54) is 5.56 Å². The van der Waals surface area contributed by atoms with Crippen molar-refractivity contribution in [2.24, 2.45) is 4.99 Å². The molecular formula is C30H23N5O2. The molecule has 0 radical (unpaired) electrons. The van der Waals surface area contributed by atoms with Crippen LogP contribution in [0.15, 0.2) is 95.8 Å². The molecule has 37 heavy (non-hydrogen) atoms. The Bertz CT molecular complexity index is 1720. The summed E-state index contributed by atoms with van der Waals surface area (Å²) in [5.41, 5.74) is 6.03. The van der Waals surface area contributed by atoms with E-state index in [2.05, 4.69) is 71.0 Å². The fourth-order valence-electron chi connectivity index (χ4n) is 5.19. The molecule has 1 atom stereocenters. The molecule has 0 amide bonds. The summed E-state index contributed by atoms with van der Waals surface area (Å²) in [5, 5.41) is 15.0. The second-order valence-corrected chi connectivity index (χ2v) is 9.32. The zero-order valence-corrected chi connectivity index (χ0v) is 20.4. The van der Waals surface area contributed by atoms with Crippen molar-refractivity contribution in [3.05, 3.63) is 119 Å². The van der Waals surface area contributed by atoms with Gasteiger partial charge in [0.15, 0.2) is 5.82 Å². The largest absolute Gasteiger partial charge is 0.497 e. The van der Waals surface area contributed by atoms with Crippen molar-refractivity contribution in [2.45, 2.75) is 19.4 Å². The molecule has 0 aliphatic carbocycles. The molecule has 2 aliphatic rings. The lowest BCUT2D eigenvalue weighted by Crippen LogP contribution is -2.17. The van der Waals surface area contributed by atoms with Crippen molar-refractivity contribution in [3.8, 4) is 11.5 Å². The van der Waals surface area contributed by atoms with Crippen molar-refractivity contribution in [3.63, 3.8) is 0 Å². The molecule has 5 aromatic rings. The Morgan fingerprint density at radius 1 is 0.919 bits per heavy atom. The van der Waals surface area contributed by atoms with Crippen LogP contribution in [-0.2, 0) is 6.54 Å². The number of nitrogens with zero attached hydrogens (tertiary/aromatic N) is 5. The van der Waals surface area contributed by atoms with E-state index in [-0.39, 0.29) is 5.92 Å². The summed E-state index contributed by atoms with van der Waals surface area (Å²) >= 11 is 0. The molecule has 180 valence electrons. The van der Waals surface area contributed by atoms with E-state index in [0.29, 0.717) is 18.3 Å². The molecule has 1 unspecified atom stereocenters. The Kier molecular flexibility index (Phi) is 4.89. The van der Waals surface area contributed by atoms with Gasteiger partial charge in [0.05, 0.1) is 24.9 Å². The van der Waals surface area contributed by atoms with E-state index in [4.69, 9.17) is 14.5 Å². The zero-order valence-electron chi connectivity index (χ0n) is 20.4. The van der Waals surface area contributed by atoms with Crippen LogP contribution in [-0.4, -0.2) is 33.0 Å². The summed E-state index contributed by atoms with van der Waals surface area (Å²) in [4.78, 5) is 5.11. The van der Waals surface area contributed by atoms with E-state index in [9.17, 15) is 0 Å². The Balaban J connectivity index is 1.50. The van der Waals surface area contributed by atoms with Gasteiger partial charge in [0, 0.05) is 16.9 Å². The van der Waals surface area contributed by atoms with Gasteiger partial charge < -0.3 is 9.47 Å². The molecule has 0 spiro atoms. The smallest absolute Gasteiger partial charge is 0.227 e. The van der Waals surface area contributed by atoms with Gasteiger partial charge in [-0.15, -0.1) is 5.10 Å². The van der Waals surface area contributed by atoms with Crippen LogP contribution in [0.25, 0.3) is 16.3 Å². The molecule has 0 bridgehead atoms. The molecule has 7 heteroatoms. The van der Waals surface area contributed by atoms with E-state index in [1.807, 2.05) is 41.1 Å². The number of hydrogen-bond donors (Lipinski definition) is 0. The van der Waals surface area contributed by atoms with Crippen molar-refractivity contribution in [1.82, 2.24) is 20.2 Å². The monoisotopic (exact) mass is 485 g/mol. The molecule has 3 heterocycles. The summed E-state index contributed by atoms with van der Waals surface area (Å²) in [6, 6.07) is 29.0. The number of aromatic nitrogens is 4. The van der Waals surface area contributed by atoms with Gasteiger partial charge in [0.25, 0.3) is 0 Å². The minimum absolute atomic E-state index is 0.146. The van der Waals surface area contributed by atoms with Crippen LogP contribution in [0.5, 0.6) is 11.5 Å². The molecule has 7 nitrogen and oxygen atoms in total. The van der Waals surface area contributed by atoms with Gasteiger partial charge in [-0.2, -0.15) is 0 Å². The third kappa shape index (κ3) is 3.50. The molecule has 7 rings (SSSR count). The van der Waals surface area contributed by atoms with Crippen LogP contribution in [0.1, 0.15) is 34.0 Å². The fraction of sp³-hybridized carbons (Fsp3) is 0.133. The Hall–Kier alpha value is -4.78. The summed E-state index contributed by atoms with van der Waals surface area (Å²) in [5.74, 6) is 2.64. The quantitative estimate of drug-likeness (QED) is 0.336. The predicted octanol–water partition coefficient (Wildman–Crippen LogP) is 5.54. The van der Waals surface area contributed by atoms with Crippen LogP contribution >= 0.6 is 0 Å². The standard InChI is InChI=1S/C30H23N5O2/c1-18-7-9-21(10-8-18)26-24-16-13-19-5-3-4-6-23(19)28(24)37-30-27(26)29-32-33-34-35(29)17-25(31-30)20-11-14-22(36-2)15-12-20/h3-16,26H,17H2,1-2H3. The van der Waals surface area contributed by atoms with Crippen LogP contribution in [0.4, 0.5) is 0 Å². The van der Waals surface area contributed by atoms with Gasteiger partial charge in [-0.1, -0.05) is 66.2 Å². The second kappa shape index (κ2) is 8.41. The maximum atomic E-state index is 6.69. The SMILES string of the molecule is COc1ccc(C2=NC3=C(c4nnnn4C2)C(c2ccc(C)cc2)c2ccc4ccccc4c2O3)cc1. The Morgan fingerprint density at radius 2 is 1.73 bits per heavy atom. The maximum Gasteiger partial charge on any atom is 0.227 e. The summed E-state index contributed by atoms with van der Waals surface area (Å²) in [6.45, 7) is 2.51. The van der Waals surface area contributed by atoms with Gasteiger partial charge in [-0.05, 0) is 58.1 Å². The van der Waals surface area contributed by atoms with Gasteiger partial charge in [0.1, 0.15) is 11.5 Å². The van der Waals surface area contributed by atoms with E-state index >= 15 is 0 Å². The number of tetrazole rings is 1. The lowest BCUT2D eigenvalue weighted by atomic mass is 9.81. The highest BCUT2D eigenvalue weighted by molar-refractivity contribution is 6.03. The maximum absolute atomic E-state index is 6.69. The predicted molar refractivity (Wildman–Crippen MR) is 142 cm³/mol. The minimum atomic E-state index is -0.146. The topological polar surface area (TPSA) is 74.4 Å². The molecule has 4 aromatic carbocycles. The van der Waals surface area contributed by atoms with Gasteiger partial charge in [-0.3, -0.25) is 0 Å². The van der Waals surface area contributed by atoms with Gasteiger partial charge in [0.2, 0.25) is 5.88 Å². The highest BCUT2D eigenvalue weighted by Crippen LogP contribution is 2.50. The Morgan fingerprint density at radius 3 is 2.54 bits per heavy atom. The summed E-state index contributed by atoms with van der Waals surface area (Å²) in [6.07, 6.45) is 0. The number of rotatable bonds is 3. The summed E-state index contributed by atoms with van der Waals surface area (Å²) in [7, 11) is 1.66. The minimum Gasteiger partial charge on any atom is -0.497 e. The highest BCUT2D eigenvalue weighted by atomic mass is 16.5. The molecule has 0 saturated carbocycles. The number of methoxy groups -OCH3 is 1. The number of aliphatic imine (C=N–C) groups is 1. The molecule has 0 N–H and O–H groups in total. The van der Waals surface area contributed by atoms with Crippen molar-refractivity contribution >= 4 is 22.1 Å². The molecule has 0 saturated heterocycles. The first-order chi connectivity index (χ1) is 18.2. The lowest BCUT2D eigenvalue weighted by Gasteiger charge is -2.29. The lowest BCUT2D eigenvalue weighted by molar-refractivity contribution is 0.411. The molecular weight excluding hydrogens is 462 g/mol. The van der Waals surface area contributed by atoms with Gasteiger partial charge >= 0.3 is 0 Å². The fourth-order valence-corrected chi connectivity index (χ4v) is 5.19. The number of ether oxygens (including phenoxy) is 2. The first-order valence-corrected chi connectivity index (χ1v) is 12.2. The van der Waals surface area contributed by atoms with Crippen molar-refractivity contribution in [2.75, 3.05) is 7.11 Å². The average molecular weight is 486 g/mol. The first kappa shape index (κ1) is 21.5. The zero-order chi connectivity index (χ0) is 24.9. The normalized spacial score (nSPS) is 16.3. The Labute approximate surface area is 213 Å². The second-order valence-electron chi connectivity index (χ2n) is 9.32. The number of benzene rings is 4. The van der Waals surface area contributed by atoms with E-state index < -0.39 is 0 Å². The highest BCUT2D eigenvalue weighted by Gasteiger charge is 2.37.